The van der Waals surface area contributed by atoms with Crippen molar-refractivity contribution in [3.05, 3.63) is 66.7 Å². The van der Waals surface area contributed by atoms with E-state index in [9.17, 15) is 13.2 Å². The van der Waals surface area contributed by atoms with Crippen LogP contribution in [0.1, 0.15) is 31.6 Å². The lowest BCUT2D eigenvalue weighted by Crippen LogP contribution is -2.36. The summed E-state index contributed by atoms with van der Waals surface area (Å²) in [7, 11) is -3.64. The number of sulfonamides is 1. The Morgan fingerprint density at radius 3 is 2.48 bits per heavy atom. The number of aryl methyl sites for hydroxylation is 1. The number of piperidine rings is 1. The van der Waals surface area contributed by atoms with Crippen molar-refractivity contribution >= 4 is 21.6 Å². The molecule has 8 heteroatoms. The Morgan fingerprint density at radius 1 is 1.00 bits per heavy atom. The summed E-state index contributed by atoms with van der Waals surface area (Å²) in [6.07, 6.45) is 4.84. The van der Waals surface area contributed by atoms with Crippen LogP contribution < -0.4 is 5.32 Å². The minimum atomic E-state index is -3.64. The van der Waals surface area contributed by atoms with Gasteiger partial charge in [0.05, 0.1) is 11.9 Å². The second-order valence-corrected chi connectivity index (χ2v) is 9.40. The third-order valence-electron chi connectivity index (χ3n) is 5.27. The number of hydrogen-bond donors (Lipinski definition) is 1. The van der Waals surface area contributed by atoms with E-state index in [0.29, 0.717) is 36.8 Å². The Balaban J connectivity index is 1.41. The van der Waals surface area contributed by atoms with Gasteiger partial charge >= 0.3 is 0 Å². The highest BCUT2D eigenvalue weighted by molar-refractivity contribution is 7.89. The van der Waals surface area contributed by atoms with Crippen LogP contribution in [0.2, 0.25) is 0 Å². The smallest absolute Gasteiger partial charge is 0.245 e. The second-order valence-electron chi connectivity index (χ2n) is 7.49. The van der Waals surface area contributed by atoms with E-state index in [-0.39, 0.29) is 17.2 Å². The first-order valence-electron chi connectivity index (χ1n) is 10.4. The number of rotatable bonds is 7. The van der Waals surface area contributed by atoms with E-state index in [1.54, 1.807) is 30.5 Å². The topological polar surface area (TPSA) is 92.5 Å². The van der Waals surface area contributed by atoms with Crippen molar-refractivity contribution in [2.24, 2.45) is 0 Å². The summed E-state index contributed by atoms with van der Waals surface area (Å²) in [5.41, 5.74) is 1.22. The largest absolute Gasteiger partial charge is 0.441 e. The lowest BCUT2D eigenvalue weighted by atomic mass is 10.2. The molecular formula is C23H25N3O4S. The van der Waals surface area contributed by atoms with Crippen molar-refractivity contribution in [2.75, 3.05) is 18.4 Å². The minimum absolute atomic E-state index is 0.132. The number of hydrogen-bond acceptors (Lipinski definition) is 5. The highest BCUT2D eigenvalue weighted by Gasteiger charge is 2.28. The van der Waals surface area contributed by atoms with Crippen LogP contribution in [-0.4, -0.2) is 36.7 Å². The van der Waals surface area contributed by atoms with Crippen LogP contribution in [0.15, 0.2) is 70.1 Å². The molecule has 1 aliphatic heterocycles. The maximum absolute atomic E-state index is 13.1. The molecule has 1 fully saturated rings. The molecule has 0 saturated carbocycles. The van der Waals surface area contributed by atoms with E-state index in [2.05, 4.69) is 10.3 Å². The first-order chi connectivity index (χ1) is 15.0. The molecule has 31 heavy (non-hydrogen) atoms. The van der Waals surface area contributed by atoms with Gasteiger partial charge in [0, 0.05) is 31.5 Å². The summed E-state index contributed by atoms with van der Waals surface area (Å²) >= 11 is 0. The number of amides is 1. The summed E-state index contributed by atoms with van der Waals surface area (Å²) < 4.78 is 33.3. The van der Waals surface area contributed by atoms with Crippen molar-refractivity contribution in [1.82, 2.24) is 9.29 Å². The summed E-state index contributed by atoms with van der Waals surface area (Å²) in [4.78, 5) is 16.9. The maximum Gasteiger partial charge on any atom is 0.245 e. The number of para-hydroxylation sites is 1. The molecule has 4 rings (SSSR count). The molecule has 162 valence electrons. The second kappa shape index (κ2) is 9.45. The van der Waals surface area contributed by atoms with Gasteiger partial charge in [0.1, 0.15) is 4.90 Å². The van der Waals surface area contributed by atoms with E-state index < -0.39 is 10.0 Å². The van der Waals surface area contributed by atoms with Gasteiger partial charge in [0.15, 0.2) is 11.7 Å². The van der Waals surface area contributed by atoms with Crippen molar-refractivity contribution in [3.8, 4) is 11.3 Å². The predicted octanol–water partition coefficient (Wildman–Crippen LogP) is 4.09. The van der Waals surface area contributed by atoms with E-state index >= 15 is 0 Å². The predicted molar refractivity (Wildman–Crippen MR) is 118 cm³/mol. The van der Waals surface area contributed by atoms with Crippen LogP contribution in [0.5, 0.6) is 0 Å². The summed E-state index contributed by atoms with van der Waals surface area (Å²) in [6, 6.07) is 16.2. The fourth-order valence-corrected chi connectivity index (χ4v) is 5.30. The molecule has 0 atom stereocenters. The van der Waals surface area contributed by atoms with Crippen LogP contribution >= 0.6 is 0 Å². The van der Waals surface area contributed by atoms with Crippen LogP contribution in [0.25, 0.3) is 11.3 Å². The number of aromatic nitrogens is 1. The molecule has 3 aromatic rings. The molecule has 7 nitrogen and oxygen atoms in total. The quantitative estimate of drug-likeness (QED) is 0.599. The van der Waals surface area contributed by atoms with E-state index in [4.69, 9.17) is 4.42 Å². The Morgan fingerprint density at radius 2 is 1.71 bits per heavy atom. The Hall–Kier alpha value is -2.97. The first-order valence-corrected chi connectivity index (χ1v) is 11.9. The average Bonchev–Trinajstić information content (AvgIpc) is 3.28. The molecule has 2 heterocycles. The molecule has 1 saturated heterocycles. The zero-order valence-electron chi connectivity index (χ0n) is 17.2. The van der Waals surface area contributed by atoms with E-state index in [1.807, 2.05) is 30.3 Å². The van der Waals surface area contributed by atoms with Gasteiger partial charge in [-0.05, 0) is 25.0 Å². The Kier molecular flexibility index (Phi) is 6.48. The molecule has 0 aliphatic carbocycles. The van der Waals surface area contributed by atoms with Crippen molar-refractivity contribution in [3.63, 3.8) is 0 Å². The van der Waals surface area contributed by atoms with Gasteiger partial charge in [0.25, 0.3) is 0 Å². The molecule has 0 bridgehead atoms. The number of carbonyl (C=O) groups is 1. The van der Waals surface area contributed by atoms with Crippen molar-refractivity contribution in [2.45, 2.75) is 37.0 Å². The van der Waals surface area contributed by atoms with Gasteiger partial charge in [-0.2, -0.15) is 4.31 Å². The number of oxazole rings is 1. The van der Waals surface area contributed by atoms with Crippen LogP contribution in [-0.2, 0) is 21.2 Å². The third-order valence-corrected chi connectivity index (χ3v) is 7.23. The van der Waals surface area contributed by atoms with Gasteiger partial charge < -0.3 is 9.73 Å². The lowest BCUT2D eigenvalue weighted by Gasteiger charge is -2.26. The highest BCUT2D eigenvalue weighted by Crippen LogP contribution is 2.27. The lowest BCUT2D eigenvalue weighted by molar-refractivity contribution is -0.116. The molecule has 2 aromatic carbocycles. The average molecular weight is 440 g/mol. The summed E-state index contributed by atoms with van der Waals surface area (Å²) in [5.74, 6) is 0.818. The van der Waals surface area contributed by atoms with Crippen LogP contribution in [0.4, 0.5) is 5.69 Å². The van der Waals surface area contributed by atoms with Gasteiger partial charge in [-0.15, -0.1) is 0 Å². The number of nitrogens with zero attached hydrogens (tertiary/aromatic N) is 2. The number of benzene rings is 2. The van der Waals surface area contributed by atoms with Gasteiger partial charge in [-0.25, -0.2) is 13.4 Å². The number of nitrogens with one attached hydrogen (secondary N) is 1. The minimum Gasteiger partial charge on any atom is -0.441 e. The number of carbonyl (C=O) groups excluding carboxylic acids is 1. The number of anilines is 1. The Bertz CT molecular complexity index is 1140. The molecule has 1 aliphatic rings. The molecule has 1 amide bonds. The monoisotopic (exact) mass is 439 g/mol. The maximum atomic E-state index is 13.1. The van der Waals surface area contributed by atoms with E-state index in [1.165, 1.54) is 4.31 Å². The van der Waals surface area contributed by atoms with Gasteiger partial charge in [-0.3, -0.25) is 4.79 Å². The first kappa shape index (κ1) is 21.3. The molecule has 1 N–H and O–H groups in total. The van der Waals surface area contributed by atoms with Gasteiger partial charge in [0.2, 0.25) is 15.9 Å². The van der Waals surface area contributed by atoms with Crippen LogP contribution in [0, 0.1) is 0 Å². The van der Waals surface area contributed by atoms with Crippen LogP contribution in [0.3, 0.4) is 0 Å². The fraction of sp³-hybridized carbons (Fsp3) is 0.304. The fourth-order valence-electron chi connectivity index (χ4n) is 3.63. The Labute approximate surface area is 182 Å². The molecule has 1 aromatic heterocycles. The zero-order chi connectivity index (χ0) is 21.7. The van der Waals surface area contributed by atoms with E-state index in [0.717, 1.165) is 24.8 Å². The standard InChI is InChI=1S/C23H25N3O4S/c27-22(13-14-23-24-17-20(30-23)18-9-3-1-4-10-18)25-19-11-5-6-12-21(19)31(28,29)26-15-7-2-8-16-26/h1,3-6,9-12,17H,2,7-8,13-16H2,(H,25,27). The van der Waals surface area contributed by atoms with Crippen molar-refractivity contribution in [1.29, 1.82) is 0 Å². The molecule has 0 radical (unpaired) electrons. The SMILES string of the molecule is O=C(CCc1ncc(-c2ccccc2)o1)Nc1ccccc1S(=O)(=O)N1CCCCC1. The van der Waals surface area contributed by atoms with Gasteiger partial charge in [-0.1, -0.05) is 48.9 Å². The molecule has 0 spiro atoms. The highest BCUT2D eigenvalue weighted by atomic mass is 32.2. The summed E-state index contributed by atoms with van der Waals surface area (Å²) in [5, 5.41) is 2.75. The molecule has 0 unspecified atom stereocenters. The normalized spacial score (nSPS) is 15.0. The summed E-state index contributed by atoms with van der Waals surface area (Å²) in [6.45, 7) is 1.02. The van der Waals surface area contributed by atoms with Crippen molar-refractivity contribution < 1.29 is 17.6 Å². The third kappa shape index (κ3) is 5.03. The zero-order valence-corrected chi connectivity index (χ0v) is 18.0. The molecular weight excluding hydrogens is 414 g/mol.